The first-order valence-electron chi connectivity index (χ1n) is 5.28. The van der Waals surface area contributed by atoms with Gasteiger partial charge in [-0.3, -0.25) is 14.3 Å². The summed E-state index contributed by atoms with van der Waals surface area (Å²) in [6.07, 6.45) is 2.91. The molecule has 1 aliphatic rings. The van der Waals surface area contributed by atoms with Gasteiger partial charge in [0.25, 0.3) is 5.91 Å². The first kappa shape index (κ1) is 12.0. The van der Waals surface area contributed by atoms with E-state index >= 15 is 0 Å². The van der Waals surface area contributed by atoms with Crippen molar-refractivity contribution in [1.29, 1.82) is 0 Å². The zero-order chi connectivity index (χ0) is 12.3. The lowest BCUT2D eigenvalue weighted by Crippen LogP contribution is -2.37. The summed E-state index contributed by atoms with van der Waals surface area (Å²) in [5.41, 5.74) is 0.457. The normalized spacial score (nSPS) is 15.9. The van der Waals surface area contributed by atoms with Crippen molar-refractivity contribution >= 4 is 23.6 Å². The standard InChI is InChI=1S/C10H13N3O3S/c14-9(15)7-13-6-8(5-11-13)10(16)12-1-3-17-4-2-12/h5-6H,1-4,7H2,(H,14,15). The molecule has 1 saturated heterocycles. The Morgan fingerprint density at radius 2 is 2.12 bits per heavy atom. The Hall–Kier alpha value is -1.50. The second kappa shape index (κ2) is 5.22. The van der Waals surface area contributed by atoms with Crippen molar-refractivity contribution in [2.45, 2.75) is 6.54 Å². The largest absolute Gasteiger partial charge is 0.480 e. The van der Waals surface area contributed by atoms with Crippen molar-refractivity contribution in [3.05, 3.63) is 18.0 Å². The third-order valence-electron chi connectivity index (χ3n) is 2.48. The number of carboxylic acids is 1. The van der Waals surface area contributed by atoms with E-state index in [0.717, 1.165) is 24.6 Å². The minimum absolute atomic E-state index is 0.0676. The van der Waals surface area contributed by atoms with Gasteiger partial charge in [-0.15, -0.1) is 0 Å². The fraction of sp³-hybridized carbons (Fsp3) is 0.500. The molecule has 0 radical (unpaired) electrons. The Morgan fingerprint density at radius 1 is 1.41 bits per heavy atom. The van der Waals surface area contributed by atoms with Gasteiger partial charge in [-0.2, -0.15) is 16.9 Å². The van der Waals surface area contributed by atoms with Crippen LogP contribution in [0.2, 0.25) is 0 Å². The fourth-order valence-electron chi connectivity index (χ4n) is 1.65. The van der Waals surface area contributed by atoms with Gasteiger partial charge in [0.15, 0.2) is 0 Å². The van der Waals surface area contributed by atoms with E-state index in [-0.39, 0.29) is 12.5 Å². The predicted octanol–water partition coefficient (Wildman–Crippen LogP) is 0.157. The minimum atomic E-state index is -0.971. The Kier molecular flexibility index (Phi) is 3.68. The third-order valence-corrected chi connectivity index (χ3v) is 3.42. The van der Waals surface area contributed by atoms with Crippen molar-refractivity contribution < 1.29 is 14.7 Å². The number of amides is 1. The van der Waals surface area contributed by atoms with Gasteiger partial charge in [0.1, 0.15) is 6.54 Å². The van der Waals surface area contributed by atoms with Crippen LogP contribution in [-0.2, 0) is 11.3 Å². The van der Waals surface area contributed by atoms with Gasteiger partial charge in [0.05, 0.1) is 11.8 Å². The van der Waals surface area contributed by atoms with Crippen molar-refractivity contribution in [3.63, 3.8) is 0 Å². The van der Waals surface area contributed by atoms with Crippen LogP contribution in [-0.4, -0.2) is 56.3 Å². The van der Waals surface area contributed by atoms with Crippen LogP contribution < -0.4 is 0 Å². The van der Waals surface area contributed by atoms with Gasteiger partial charge in [0.2, 0.25) is 0 Å². The van der Waals surface area contributed by atoms with Gasteiger partial charge in [-0.1, -0.05) is 0 Å². The number of hydrogen-bond donors (Lipinski definition) is 1. The van der Waals surface area contributed by atoms with Crippen LogP contribution in [0.3, 0.4) is 0 Å². The molecular weight excluding hydrogens is 242 g/mol. The Labute approximate surface area is 103 Å². The molecule has 6 nitrogen and oxygen atoms in total. The molecule has 0 unspecified atom stereocenters. The summed E-state index contributed by atoms with van der Waals surface area (Å²) < 4.78 is 1.26. The summed E-state index contributed by atoms with van der Waals surface area (Å²) in [5, 5.41) is 12.5. The summed E-state index contributed by atoms with van der Waals surface area (Å²) in [6.45, 7) is 1.27. The number of aromatic nitrogens is 2. The van der Waals surface area contributed by atoms with Crippen molar-refractivity contribution in [1.82, 2.24) is 14.7 Å². The van der Waals surface area contributed by atoms with E-state index in [4.69, 9.17) is 5.11 Å². The molecule has 0 saturated carbocycles. The van der Waals surface area contributed by atoms with Gasteiger partial charge < -0.3 is 10.0 Å². The Bertz CT molecular complexity index is 426. The van der Waals surface area contributed by atoms with Gasteiger partial charge in [0, 0.05) is 30.8 Å². The van der Waals surface area contributed by atoms with Crippen LogP contribution in [0.15, 0.2) is 12.4 Å². The summed E-state index contributed by atoms with van der Waals surface area (Å²) in [5.74, 6) is 0.868. The van der Waals surface area contributed by atoms with E-state index < -0.39 is 5.97 Å². The van der Waals surface area contributed by atoms with Crippen LogP contribution >= 0.6 is 11.8 Å². The lowest BCUT2D eigenvalue weighted by molar-refractivity contribution is -0.137. The maximum absolute atomic E-state index is 12.0. The number of hydrogen-bond acceptors (Lipinski definition) is 4. The van der Waals surface area contributed by atoms with Crippen LogP contribution in [0.1, 0.15) is 10.4 Å². The molecule has 0 aliphatic carbocycles. The average molecular weight is 255 g/mol. The highest BCUT2D eigenvalue weighted by Crippen LogP contribution is 2.12. The Morgan fingerprint density at radius 3 is 2.76 bits per heavy atom. The molecule has 0 bridgehead atoms. The molecule has 17 heavy (non-hydrogen) atoms. The van der Waals surface area contributed by atoms with Gasteiger partial charge in [-0.05, 0) is 0 Å². The molecular formula is C10H13N3O3S. The number of carbonyl (C=O) groups excluding carboxylic acids is 1. The zero-order valence-electron chi connectivity index (χ0n) is 9.20. The highest BCUT2D eigenvalue weighted by atomic mass is 32.2. The average Bonchev–Trinajstić information content (AvgIpc) is 2.77. The predicted molar refractivity (Wildman–Crippen MR) is 63.1 cm³/mol. The zero-order valence-corrected chi connectivity index (χ0v) is 10.0. The molecule has 1 fully saturated rings. The molecule has 92 valence electrons. The van der Waals surface area contributed by atoms with Gasteiger partial charge >= 0.3 is 5.97 Å². The van der Waals surface area contributed by atoms with Crippen molar-refractivity contribution in [3.8, 4) is 0 Å². The summed E-state index contributed by atoms with van der Waals surface area (Å²) in [4.78, 5) is 24.3. The van der Waals surface area contributed by atoms with Crippen LogP contribution in [0.25, 0.3) is 0 Å². The maximum Gasteiger partial charge on any atom is 0.325 e. The molecule has 1 aromatic heterocycles. The molecule has 1 aromatic rings. The second-order valence-corrected chi connectivity index (χ2v) is 4.95. The first-order valence-corrected chi connectivity index (χ1v) is 6.43. The molecule has 1 aliphatic heterocycles. The number of thioether (sulfide) groups is 1. The summed E-state index contributed by atoms with van der Waals surface area (Å²) in [6, 6.07) is 0. The Balaban J connectivity index is 2.03. The van der Waals surface area contributed by atoms with E-state index in [9.17, 15) is 9.59 Å². The lowest BCUT2D eigenvalue weighted by atomic mass is 10.3. The van der Waals surface area contributed by atoms with Crippen LogP contribution in [0.4, 0.5) is 0 Å². The van der Waals surface area contributed by atoms with E-state index in [2.05, 4.69) is 5.10 Å². The van der Waals surface area contributed by atoms with E-state index in [0.29, 0.717) is 5.56 Å². The number of carbonyl (C=O) groups is 2. The number of nitrogens with zero attached hydrogens (tertiary/aromatic N) is 3. The third kappa shape index (κ3) is 3.00. The number of rotatable bonds is 3. The van der Waals surface area contributed by atoms with Gasteiger partial charge in [-0.25, -0.2) is 0 Å². The number of carboxylic acid groups (broad SMARTS) is 1. The molecule has 0 atom stereocenters. The highest BCUT2D eigenvalue weighted by molar-refractivity contribution is 7.99. The second-order valence-electron chi connectivity index (χ2n) is 3.72. The fourth-order valence-corrected chi connectivity index (χ4v) is 2.55. The molecule has 2 rings (SSSR count). The molecule has 2 heterocycles. The number of aliphatic carboxylic acids is 1. The SMILES string of the molecule is O=C(O)Cn1cc(C(=O)N2CCSCC2)cn1. The quantitative estimate of drug-likeness (QED) is 0.832. The molecule has 1 amide bonds. The smallest absolute Gasteiger partial charge is 0.325 e. The van der Waals surface area contributed by atoms with Crippen LogP contribution in [0.5, 0.6) is 0 Å². The first-order chi connectivity index (χ1) is 8.16. The molecule has 0 aromatic carbocycles. The van der Waals surface area contributed by atoms with Crippen molar-refractivity contribution in [2.24, 2.45) is 0 Å². The van der Waals surface area contributed by atoms with E-state index in [1.807, 2.05) is 11.8 Å². The minimum Gasteiger partial charge on any atom is -0.480 e. The van der Waals surface area contributed by atoms with Crippen molar-refractivity contribution in [2.75, 3.05) is 24.6 Å². The summed E-state index contributed by atoms with van der Waals surface area (Å²) >= 11 is 1.83. The lowest BCUT2D eigenvalue weighted by Gasteiger charge is -2.25. The van der Waals surface area contributed by atoms with Crippen LogP contribution in [0, 0.1) is 0 Å². The topological polar surface area (TPSA) is 75.4 Å². The molecule has 7 heteroatoms. The van der Waals surface area contributed by atoms with E-state index in [1.54, 1.807) is 4.90 Å². The van der Waals surface area contributed by atoms with E-state index in [1.165, 1.54) is 17.1 Å². The molecule has 0 spiro atoms. The molecule has 1 N–H and O–H groups in total. The monoisotopic (exact) mass is 255 g/mol. The maximum atomic E-state index is 12.0. The summed E-state index contributed by atoms with van der Waals surface area (Å²) in [7, 11) is 0. The highest BCUT2D eigenvalue weighted by Gasteiger charge is 2.19.